The summed E-state index contributed by atoms with van der Waals surface area (Å²) in [6.45, 7) is 1.34. The van der Waals surface area contributed by atoms with E-state index in [0.717, 1.165) is 16.8 Å². The number of fused-ring (bicyclic) bond motifs is 1. The molecule has 0 N–H and O–H groups in total. The Bertz CT molecular complexity index is 540. The van der Waals surface area contributed by atoms with Gasteiger partial charge in [-0.3, -0.25) is 9.67 Å². The second-order valence-electron chi connectivity index (χ2n) is 3.82. The third kappa shape index (κ3) is 1.62. The summed E-state index contributed by atoms with van der Waals surface area (Å²) in [4.78, 5) is 4.12. The first-order valence-electron chi connectivity index (χ1n) is 5.12. The minimum atomic E-state index is -0.209. The summed E-state index contributed by atoms with van der Waals surface area (Å²) in [6, 6.07) is 6.48. The molecule has 0 saturated heterocycles. The molecule has 3 rings (SSSR count). The molecule has 0 amide bonds. The SMILES string of the molecule is Fc1ccc(Cn2cc3c(n2)CN=C3)cc1. The number of benzene rings is 1. The number of hydrogen-bond acceptors (Lipinski definition) is 2. The minimum absolute atomic E-state index is 0.209. The molecule has 2 heterocycles. The van der Waals surface area contributed by atoms with Crippen molar-refractivity contribution in [3.05, 3.63) is 53.1 Å². The van der Waals surface area contributed by atoms with E-state index in [4.69, 9.17) is 0 Å². The van der Waals surface area contributed by atoms with Gasteiger partial charge < -0.3 is 0 Å². The van der Waals surface area contributed by atoms with E-state index < -0.39 is 0 Å². The van der Waals surface area contributed by atoms with Crippen LogP contribution in [0, 0.1) is 5.82 Å². The molecule has 0 unspecified atom stereocenters. The van der Waals surface area contributed by atoms with Crippen LogP contribution < -0.4 is 0 Å². The van der Waals surface area contributed by atoms with Crippen molar-refractivity contribution < 1.29 is 4.39 Å². The molecule has 80 valence electrons. The molecule has 0 aliphatic carbocycles. The van der Waals surface area contributed by atoms with Gasteiger partial charge in [0.25, 0.3) is 0 Å². The standard InChI is InChI=1S/C12H10FN3/c13-11-3-1-9(2-4-11)7-16-8-10-5-14-6-12(10)15-16/h1-5,8H,6-7H2. The number of halogens is 1. The number of hydrogen-bond donors (Lipinski definition) is 0. The van der Waals surface area contributed by atoms with Gasteiger partial charge in [-0.05, 0) is 17.7 Å². The first-order chi connectivity index (χ1) is 7.81. The van der Waals surface area contributed by atoms with Crippen molar-refractivity contribution in [2.24, 2.45) is 4.99 Å². The minimum Gasteiger partial charge on any atom is -0.286 e. The number of nitrogens with zero attached hydrogens (tertiary/aromatic N) is 3. The van der Waals surface area contributed by atoms with E-state index in [-0.39, 0.29) is 5.82 Å². The van der Waals surface area contributed by atoms with Crippen molar-refractivity contribution in [3.63, 3.8) is 0 Å². The molecule has 0 spiro atoms. The summed E-state index contributed by atoms with van der Waals surface area (Å²) >= 11 is 0. The van der Waals surface area contributed by atoms with Gasteiger partial charge in [0.05, 0.1) is 18.8 Å². The van der Waals surface area contributed by atoms with Crippen molar-refractivity contribution >= 4 is 6.21 Å². The van der Waals surface area contributed by atoms with Gasteiger partial charge in [-0.1, -0.05) is 12.1 Å². The fourth-order valence-corrected chi connectivity index (χ4v) is 1.80. The predicted octanol–water partition coefficient (Wildman–Crippen LogP) is 2.00. The van der Waals surface area contributed by atoms with Crippen LogP contribution in [0.15, 0.2) is 35.5 Å². The third-order valence-corrected chi connectivity index (χ3v) is 2.60. The molecular weight excluding hydrogens is 205 g/mol. The molecule has 4 heteroatoms. The lowest BCUT2D eigenvalue weighted by Gasteiger charge is -2.01. The second-order valence-corrected chi connectivity index (χ2v) is 3.82. The molecule has 0 fully saturated rings. The number of aromatic nitrogens is 2. The highest BCUT2D eigenvalue weighted by atomic mass is 19.1. The fourth-order valence-electron chi connectivity index (χ4n) is 1.80. The van der Waals surface area contributed by atoms with Gasteiger partial charge in [0.1, 0.15) is 5.82 Å². The summed E-state index contributed by atoms with van der Waals surface area (Å²) in [6.07, 6.45) is 3.80. The summed E-state index contributed by atoms with van der Waals surface area (Å²) < 4.78 is 14.6. The highest BCUT2D eigenvalue weighted by Crippen LogP contribution is 2.13. The van der Waals surface area contributed by atoms with Crippen molar-refractivity contribution in [2.45, 2.75) is 13.1 Å². The van der Waals surface area contributed by atoms with Crippen LogP contribution in [-0.4, -0.2) is 16.0 Å². The Balaban J connectivity index is 1.83. The van der Waals surface area contributed by atoms with Crippen LogP contribution in [-0.2, 0) is 13.1 Å². The monoisotopic (exact) mass is 215 g/mol. The topological polar surface area (TPSA) is 30.2 Å². The maximum absolute atomic E-state index is 12.7. The molecule has 0 atom stereocenters. The van der Waals surface area contributed by atoms with Gasteiger partial charge in [-0.2, -0.15) is 5.10 Å². The first-order valence-corrected chi connectivity index (χ1v) is 5.12. The van der Waals surface area contributed by atoms with Crippen LogP contribution in [0.3, 0.4) is 0 Å². The summed E-state index contributed by atoms with van der Waals surface area (Å²) in [7, 11) is 0. The normalized spacial score (nSPS) is 13.1. The van der Waals surface area contributed by atoms with Gasteiger partial charge >= 0.3 is 0 Å². The molecule has 0 saturated carbocycles. The maximum Gasteiger partial charge on any atom is 0.123 e. The Labute approximate surface area is 92.2 Å². The average Bonchev–Trinajstić information content (AvgIpc) is 2.81. The van der Waals surface area contributed by atoms with Gasteiger partial charge in [-0.25, -0.2) is 4.39 Å². The Morgan fingerprint density at radius 3 is 2.81 bits per heavy atom. The van der Waals surface area contributed by atoms with E-state index in [9.17, 15) is 4.39 Å². The Hall–Kier alpha value is -1.97. The maximum atomic E-state index is 12.7. The number of rotatable bonds is 2. The second kappa shape index (κ2) is 3.56. The van der Waals surface area contributed by atoms with Crippen molar-refractivity contribution in [3.8, 4) is 0 Å². The lowest BCUT2D eigenvalue weighted by molar-refractivity contribution is 0.623. The lowest BCUT2D eigenvalue weighted by Crippen LogP contribution is -2.01. The fraction of sp³-hybridized carbons (Fsp3) is 0.167. The van der Waals surface area contributed by atoms with E-state index in [2.05, 4.69) is 10.1 Å². The lowest BCUT2D eigenvalue weighted by atomic mass is 10.2. The molecular formula is C12H10FN3. The summed E-state index contributed by atoms with van der Waals surface area (Å²) in [5.41, 5.74) is 3.14. The van der Waals surface area contributed by atoms with E-state index in [0.29, 0.717) is 13.1 Å². The van der Waals surface area contributed by atoms with Crippen molar-refractivity contribution in [1.29, 1.82) is 0 Å². The first kappa shape index (κ1) is 9.27. The van der Waals surface area contributed by atoms with E-state index >= 15 is 0 Å². The van der Waals surface area contributed by atoms with Crippen molar-refractivity contribution in [2.75, 3.05) is 0 Å². The average molecular weight is 215 g/mol. The van der Waals surface area contributed by atoms with E-state index in [1.165, 1.54) is 12.1 Å². The smallest absolute Gasteiger partial charge is 0.123 e. The van der Waals surface area contributed by atoms with Crippen LogP contribution in [0.25, 0.3) is 0 Å². The Morgan fingerprint density at radius 2 is 2.06 bits per heavy atom. The van der Waals surface area contributed by atoms with E-state index in [1.54, 1.807) is 12.1 Å². The molecule has 3 nitrogen and oxygen atoms in total. The van der Waals surface area contributed by atoms with Crippen LogP contribution in [0.4, 0.5) is 4.39 Å². The van der Waals surface area contributed by atoms with Gasteiger partial charge in [0.2, 0.25) is 0 Å². The van der Waals surface area contributed by atoms with Crippen LogP contribution >= 0.6 is 0 Å². The quantitative estimate of drug-likeness (QED) is 0.753. The zero-order valence-corrected chi connectivity index (χ0v) is 8.60. The largest absolute Gasteiger partial charge is 0.286 e. The highest BCUT2D eigenvalue weighted by molar-refractivity contribution is 5.83. The Kier molecular flexibility index (Phi) is 2.06. The highest BCUT2D eigenvalue weighted by Gasteiger charge is 2.10. The van der Waals surface area contributed by atoms with Gasteiger partial charge in [0, 0.05) is 18.0 Å². The predicted molar refractivity (Wildman–Crippen MR) is 59.0 cm³/mol. The zero-order valence-electron chi connectivity index (χ0n) is 8.60. The molecule has 1 aromatic heterocycles. The molecule has 1 aliphatic heterocycles. The molecule has 0 radical (unpaired) electrons. The molecule has 0 bridgehead atoms. The van der Waals surface area contributed by atoms with Crippen LogP contribution in [0.2, 0.25) is 0 Å². The summed E-state index contributed by atoms with van der Waals surface area (Å²) in [5, 5.41) is 4.41. The number of aliphatic imine (C=N–C) groups is 1. The Morgan fingerprint density at radius 1 is 1.25 bits per heavy atom. The van der Waals surface area contributed by atoms with Crippen LogP contribution in [0.1, 0.15) is 16.8 Å². The summed E-state index contributed by atoms with van der Waals surface area (Å²) in [5.74, 6) is -0.209. The van der Waals surface area contributed by atoms with Gasteiger partial charge in [0.15, 0.2) is 0 Å². The zero-order chi connectivity index (χ0) is 11.0. The molecule has 1 aliphatic rings. The van der Waals surface area contributed by atoms with Crippen molar-refractivity contribution in [1.82, 2.24) is 9.78 Å². The molecule has 16 heavy (non-hydrogen) atoms. The third-order valence-electron chi connectivity index (χ3n) is 2.60. The molecule has 2 aromatic rings. The van der Waals surface area contributed by atoms with E-state index in [1.807, 2.05) is 17.1 Å². The molecule has 1 aromatic carbocycles. The van der Waals surface area contributed by atoms with Crippen LogP contribution in [0.5, 0.6) is 0 Å². The van der Waals surface area contributed by atoms with Gasteiger partial charge in [-0.15, -0.1) is 0 Å².